The number of benzene rings is 2. The first-order chi connectivity index (χ1) is 14.5. The zero-order valence-corrected chi connectivity index (χ0v) is 18.8. The molecular weight excluding hydrogens is 405 g/mol. The number of rotatable bonds is 4. The molecule has 0 aliphatic heterocycles. The van der Waals surface area contributed by atoms with Gasteiger partial charge >= 0.3 is 6.01 Å². The van der Waals surface area contributed by atoms with E-state index in [0.29, 0.717) is 5.89 Å². The fourth-order valence-electron chi connectivity index (χ4n) is 2.72. The summed E-state index contributed by atoms with van der Waals surface area (Å²) in [4.78, 5) is 0. The lowest BCUT2D eigenvalue weighted by Gasteiger charge is -2.12. The molecule has 1 unspecified atom stereocenters. The number of hydrogen-bond acceptors (Lipinski definition) is 5. The molecule has 0 bridgehead atoms. The van der Waals surface area contributed by atoms with Crippen molar-refractivity contribution in [3.05, 3.63) is 58.5 Å². The van der Waals surface area contributed by atoms with E-state index in [1.54, 1.807) is 12.1 Å². The van der Waals surface area contributed by atoms with E-state index < -0.39 is 5.82 Å². The molecule has 2 heterocycles. The van der Waals surface area contributed by atoms with E-state index in [9.17, 15) is 4.39 Å². The molecule has 6 nitrogen and oxygen atoms in total. The molecule has 2 N–H and O–H groups in total. The van der Waals surface area contributed by atoms with Crippen LogP contribution in [0.5, 0.6) is 0 Å². The molecule has 0 radical (unpaired) electrons. The van der Waals surface area contributed by atoms with Crippen LogP contribution >= 0.6 is 11.6 Å². The van der Waals surface area contributed by atoms with Crippen LogP contribution in [0.3, 0.4) is 0 Å². The molecule has 30 heavy (non-hydrogen) atoms. The maximum Gasteiger partial charge on any atom is 0.316 e. The lowest BCUT2D eigenvalue weighted by molar-refractivity contribution is 0.573. The Balaban J connectivity index is 0.000000757. The van der Waals surface area contributed by atoms with Crippen molar-refractivity contribution >= 4 is 28.5 Å². The summed E-state index contributed by atoms with van der Waals surface area (Å²) in [6.45, 7) is 11.9. The fraction of sp³-hybridized carbons (Fsp3) is 0.318. The first-order valence-corrected chi connectivity index (χ1v) is 10.4. The smallest absolute Gasteiger partial charge is 0.316 e. The average Bonchev–Trinajstić information content (AvgIpc) is 3.39. The number of anilines is 1. The van der Waals surface area contributed by atoms with E-state index in [1.165, 1.54) is 6.07 Å². The Bertz CT molecular complexity index is 1090. The molecule has 2 aromatic heterocycles. The van der Waals surface area contributed by atoms with E-state index in [0.717, 1.165) is 27.7 Å². The molecule has 160 valence electrons. The largest absolute Gasteiger partial charge is 0.403 e. The highest BCUT2D eigenvalue weighted by atomic mass is 35.5. The van der Waals surface area contributed by atoms with Gasteiger partial charge in [-0.05, 0) is 49.7 Å². The van der Waals surface area contributed by atoms with Gasteiger partial charge in [-0.15, -0.1) is 5.10 Å². The van der Waals surface area contributed by atoms with Gasteiger partial charge in [0.2, 0.25) is 5.89 Å². The predicted octanol–water partition coefficient (Wildman–Crippen LogP) is 6.94. The summed E-state index contributed by atoms with van der Waals surface area (Å²) in [5, 5.41) is 19.4. The van der Waals surface area contributed by atoms with Crippen molar-refractivity contribution in [1.82, 2.24) is 20.4 Å². The molecule has 0 fully saturated rings. The van der Waals surface area contributed by atoms with Gasteiger partial charge in [-0.3, -0.25) is 5.10 Å². The van der Waals surface area contributed by atoms with Crippen molar-refractivity contribution in [3.8, 4) is 11.5 Å². The van der Waals surface area contributed by atoms with Crippen LogP contribution in [0, 0.1) is 12.7 Å². The third-order valence-corrected chi connectivity index (χ3v) is 4.49. The van der Waals surface area contributed by atoms with Crippen molar-refractivity contribution < 1.29 is 8.81 Å². The van der Waals surface area contributed by atoms with Crippen LogP contribution in [0.15, 0.2) is 40.8 Å². The first kappa shape index (κ1) is 23.3. The number of hydrogen-bond donors (Lipinski definition) is 2. The van der Waals surface area contributed by atoms with Crippen LogP contribution in [-0.2, 0) is 0 Å². The van der Waals surface area contributed by atoms with Gasteiger partial charge in [0.25, 0.3) is 0 Å². The number of aromatic amines is 1. The highest BCUT2D eigenvalue weighted by Gasteiger charge is 2.14. The van der Waals surface area contributed by atoms with Crippen LogP contribution in [-0.4, -0.2) is 20.4 Å². The van der Waals surface area contributed by atoms with Gasteiger partial charge in [-0.2, -0.15) is 5.10 Å². The van der Waals surface area contributed by atoms with Crippen LogP contribution in [0.25, 0.3) is 22.4 Å². The summed E-state index contributed by atoms with van der Waals surface area (Å²) in [5.74, 6) is -0.0491. The summed E-state index contributed by atoms with van der Waals surface area (Å²) < 4.78 is 19.0. The van der Waals surface area contributed by atoms with E-state index in [-0.39, 0.29) is 17.1 Å². The maximum atomic E-state index is 13.3. The Hall–Kier alpha value is -2.93. The summed E-state index contributed by atoms with van der Waals surface area (Å²) in [7, 11) is 0. The predicted molar refractivity (Wildman–Crippen MR) is 120 cm³/mol. The number of H-pyrrole nitrogens is 1. The molecule has 0 aliphatic rings. The van der Waals surface area contributed by atoms with E-state index in [2.05, 4.69) is 25.7 Å². The van der Waals surface area contributed by atoms with Gasteiger partial charge in [-0.25, -0.2) is 4.39 Å². The minimum absolute atomic E-state index is 0.0751. The zero-order valence-electron chi connectivity index (χ0n) is 18.0. The first-order valence-electron chi connectivity index (χ1n) is 10.0. The van der Waals surface area contributed by atoms with Gasteiger partial charge in [0.05, 0.1) is 16.6 Å². The monoisotopic (exact) mass is 431 g/mol. The standard InChI is InChI=1S/C18H15ClFN5O.2C2H6/c1-9(11-3-5-15(20)14(19)8-11)21-18-25-24-17(26-18)12-4-6-16-13(7-12)10(2)22-23-16;2*1-2/h3-9H,1-2H3,(H,21,25)(H,22,23);2*1-2H3. The summed E-state index contributed by atoms with van der Waals surface area (Å²) >= 11 is 5.83. The molecule has 0 spiro atoms. The lowest BCUT2D eigenvalue weighted by atomic mass is 10.1. The van der Waals surface area contributed by atoms with Crippen molar-refractivity contribution in [2.45, 2.75) is 47.6 Å². The maximum absolute atomic E-state index is 13.3. The van der Waals surface area contributed by atoms with Gasteiger partial charge < -0.3 is 9.73 Å². The number of halogens is 2. The van der Waals surface area contributed by atoms with Gasteiger partial charge in [-0.1, -0.05) is 50.5 Å². The van der Waals surface area contributed by atoms with Crippen molar-refractivity contribution in [2.24, 2.45) is 0 Å². The van der Waals surface area contributed by atoms with Crippen molar-refractivity contribution in [1.29, 1.82) is 0 Å². The number of nitrogens with zero attached hydrogens (tertiary/aromatic N) is 3. The van der Waals surface area contributed by atoms with E-state index in [1.807, 2.05) is 59.7 Å². The molecule has 4 aromatic rings. The Morgan fingerprint density at radius 1 is 1.07 bits per heavy atom. The van der Waals surface area contributed by atoms with Gasteiger partial charge in [0, 0.05) is 16.6 Å². The molecule has 2 aromatic carbocycles. The van der Waals surface area contributed by atoms with Crippen LogP contribution in [0.4, 0.5) is 10.4 Å². The second kappa shape index (κ2) is 10.7. The second-order valence-electron chi connectivity index (χ2n) is 6.03. The molecule has 4 rings (SSSR count). The van der Waals surface area contributed by atoms with E-state index >= 15 is 0 Å². The molecule has 0 amide bonds. The molecule has 0 saturated heterocycles. The Morgan fingerprint density at radius 3 is 2.50 bits per heavy atom. The van der Waals surface area contributed by atoms with Crippen molar-refractivity contribution in [3.63, 3.8) is 0 Å². The topological polar surface area (TPSA) is 79.6 Å². The minimum atomic E-state index is -0.451. The lowest BCUT2D eigenvalue weighted by Crippen LogP contribution is -2.07. The Morgan fingerprint density at radius 2 is 1.80 bits per heavy atom. The van der Waals surface area contributed by atoms with Crippen molar-refractivity contribution in [2.75, 3.05) is 5.32 Å². The summed E-state index contributed by atoms with van der Waals surface area (Å²) in [6.07, 6.45) is 0. The zero-order chi connectivity index (χ0) is 22.3. The summed E-state index contributed by atoms with van der Waals surface area (Å²) in [6, 6.07) is 10.4. The minimum Gasteiger partial charge on any atom is -0.403 e. The van der Waals surface area contributed by atoms with Gasteiger partial charge in [0.15, 0.2) is 0 Å². The number of fused-ring (bicyclic) bond motifs is 1. The number of aryl methyl sites for hydroxylation is 1. The second-order valence-corrected chi connectivity index (χ2v) is 6.44. The quantitative estimate of drug-likeness (QED) is 0.365. The third kappa shape index (κ3) is 5.16. The third-order valence-electron chi connectivity index (χ3n) is 4.20. The van der Waals surface area contributed by atoms with Crippen LogP contribution in [0.2, 0.25) is 5.02 Å². The molecule has 8 heteroatoms. The average molecular weight is 432 g/mol. The summed E-state index contributed by atoms with van der Waals surface area (Å²) in [5.41, 5.74) is 3.47. The molecule has 0 saturated carbocycles. The van der Waals surface area contributed by atoms with E-state index in [4.69, 9.17) is 16.0 Å². The van der Waals surface area contributed by atoms with Gasteiger partial charge in [0.1, 0.15) is 5.82 Å². The van der Waals surface area contributed by atoms with Crippen LogP contribution < -0.4 is 5.32 Å². The fourth-order valence-corrected chi connectivity index (χ4v) is 2.91. The SMILES string of the molecule is CC.CC.Cc1[nH]nc2ccc(-c3nnc(NC(C)c4ccc(F)c(Cl)c4)o3)cc12. The molecular formula is C22H27ClFN5O. The highest BCUT2D eigenvalue weighted by molar-refractivity contribution is 6.30. The molecule has 1 atom stereocenters. The van der Waals surface area contributed by atoms with Crippen LogP contribution in [0.1, 0.15) is 51.9 Å². The normalized spacial score (nSPS) is 11.2. The Labute approximate surface area is 180 Å². The highest BCUT2D eigenvalue weighted by Crippen LogP contribution is 2.27. The number of aromatic nitrogens is 4. The number of nitrogens with one attached hydrogen (secondary N) is 2. The molecule has 0 aliphatic carbocycles. The Kier molecular flexibility index (Phi) is 8.35.